The minimum atomic E-state index is -0.328. The Hall–Kier alpha value is -1.11. The second-order valence-electron chi connectivity index (χ2n) is 3.61. The summed E-state index contributed by atoms with van der Waals surface area (Å²) >= 11 is 15.1. The predicted octanol–water partition coefficient (Wildman–Crippen LogP) is 3.62. The van der Waals surface area contributed by atoms with Crippen molar-refractivity contribution in [1.82, 2.24) is 14.5 Å². The molecule has 0 unspecified atom stereocenters. The number of carbonyl (C=O) groups excluding carboxylic acids is 1. The summed E-state index contributed by atoms with van der Waals surface area (Å²) in [5, 5.41) is 2.81. The number of rotatable bonds is 3. The van der Waals surface area contributed by atoms with Gasteiger partial charge in [-0.05, 0) is 28.9 Å². The van der Waals surface area contributed by atoms with Gasteiger partial charge < -0.3 is 9.88 Å². The zero-order valence-corrected chi connectivity index (χ0v) is 12.9. The first-order valence-corrected chi connectivity index (χ1v) is 6.90. The van der Waals surface area contributed by atoms with Gasteiger partial charge in [0.25, 0.3) is 5.91 Å². The van der Waals surface area contributed by atoms with Gasteiger partial charge in [-0.25, -0.2) is 9.97 Å². The fraction of sp³-hybridized carbons (Fsp3) is 0.182. The predicted molar refractivity (Wildman–Crippen MR) is 77.8 cm³/mol. The maximum Gasteiger partial charge on any atom is 0.272 e. The molecule has 2 heterocycles. The SMILES string of the molecule is CCn1cc(Br)cc1C(=O)Nc1c(Cl)ncnc1Cl. The molecule has 0 fully saturated rings. The standard InChI is InChI=1S/C11H9BrCl2N4O/c1-2-18-4-6(12)3-7(18)11(19)17-8-9(13)15-5-16-10(8)14/h3-5H,2H2,1H3,(H,17,19). The summed E-state index contributed by atoms with van der Waals surface area (Å²) in [7, 11) is 0. The van der Waals surface area contributed by atoms with Crippen molar-refractivity contribution in [2.24, 2.45) is 0 Å². The number of nitrogens with zero attached hydrogens (tertiary/aromatic N) is 3. The molecule has 19 heavy (non-hydrogen) atoms. The van der Waals surface area contributed by atoms with Gasteiger partial charge >= 0.3 is 0 Å². The maximum atomic E-state index is 12.2. The summed E-state index contributed by atoms with van der Waals surface area (Å²) in [6, 6.07) is 1.71. The van der Waals surface area contributed by atoms with E-state index in [1.165, 1.54) is 6.33 Å². The van der Waals surface area contributed by atoms with Crippen molar-refractivity contribution in [3.05, 3.63) is 39.1 Å². The molecule has 0 radical (unpaired) electrons. The van der Waals surface area contributed by atoms with Gasteiger partial charge in [0.1, 0.15) is 17.7 Å². The van der Waals surface area contributed by atoms with E-state index < -0.39 is 0 Å². The van der Waals surface area contributed by atoms with E-state index >= 15 is 0 Å². The van der Waals surface area contributed by atoms with Crippen LogP contribution in [0.3, 0.4) is 0 Å². The van der Waals surface area contributed by atoms with Gasteiger partial charge in [-0.2, -0.15) is 0 Å². The molecule has 2 aromatic heterocycles. The molecule has 0 saturated carbocycles. The van der Waals surface area contributed by atoms with E-state index in [2.05, 4.69) is 31.2 Å². The molecule has 0 aliphatic heterocycles. The van der Waals surface area contributed by atoms with Gasteiger partial charge in [-0.1, -0.05) is 23.2 Å². The average Bonchev–Trinajstić information content (AvgIpc) is 2.75. The van der Waals surface area contributed by atoms with E-state index in [0.717, 1.165) is 4.47 Å². The van der Waals surface area contributed by atoms with E-state index in [0.29, 0.717) is 12.2 Å². The molecule has 2 rings (SSSR count). The van der Waals surface area contributed by atoms with Crippen LogP contribution in [0.25, 0.3) is 0 Å². The number of aryl methyl sites for hydroxylation is 1. The van der Waals surface area contributed by atoms with Crippen LogP contribution < -0.4 is 5.32 Å². The molecular formula is C11H9BrCl2N4O. The molecule has 1 N–H and O–H groups in total. The molecule has 0 atom stereocenters. The van der Waals surface area contributed by atoms with Gasteiger partial charge in [0.15, 0.2) is 10.3 Å². The van der Waals surface area contributed by atoms with Gasteiger partial charge in [-0.3, -0.25) is 4.79 Å². The van der Waals surface area contributed by atoms with Crippen molar-refractivity contribution >= 4 is 50.7 Å². The third-order valence-corrected chi connectivity index (χ3v) is 3.44. The lowest BCUT2D eigenvalue weighted by atomic mass is 10.3. The maximum absolute atomic E-state index is 12.2. The highest BCUT2D eigenvalue weighted by molar-refractivity contribution is 9.10. The number of nitrogens with one attached hydrogen (secondary N) is 1. The molecule has 0 saturated heterocycles. The third-order valence-electron chi connectivity index (χ3n) is 2.43. The quantitative estimate of drug-likeness (QED) is 0.847. The Labute approximate surface area is 128 Å². The molecule has 0 aliphatic carbocycles. The van der Waals surface area contributed by atoms with Crippen molar-refractivity contribution < 1.29 is 4.79 Å². The highest BCUT2D eigenvalue weighted by Crippen LogP contribution is 2.26. The largest absolute Gasteiger partial charge is 0.343 e. The normalized spacial score (nSPS) is 10.5. The Morgan fingerprint density at radius 3 is 2.63 bits per heavy atom. The second-order valence-corrected chi connectivity index (χ2v) is 5.25. The number of amides is 1. The van der Waals surface area contributed by atoms with Crippen LogP contribution in [0.2, 0.25) is 10.3 Å². The molecule has 8 heteroatoms. The van der Waals surface area contributed by atoms with E-state index in [9.17, 15) is 4.79 Å². The minimum absolute atomic E-state index is 0.0991. The fourth-order valence-electron chi connectivity index (χ4n) is 1.55. The van der Waals surface area contributed by atoms with Crippen molar-refractivity contribution in [1.29, 1.82) is 0 Å². The molecule has 100 valence electrons. The highest BCUT2D eigenvalue weighted by atomic mass is 79.9. The summed E-state index contributed by atoms with van der Waals surface area (Å²) in [5.74, 6) is -0.328. The van der Waals surface area contributed by atoms with Crippen LogP contribution in [0.5, 0.6) is 0 Å². The van der Waals surface area contributed by atoms with Crippen LogP contribution in [0.1, 0.15) is 17.4 Å². The second kappa shape index (κ2) is 5.90. The number of halogens is 3. The van der Waals surface area contributed by atoms with Crippen molar-refractivity contribution in [2.45, 2.75) is 13.5 Å². The monoisotopic (exact) mass is 362 g/mol. The molecule has 0 aromatic carbocycles. The molecule has 1 amide bonds. The van der Waals surface area contributed by atoms with Crippen molar-refractivity contribution in [3.8, 4) is 0 Å². The van der Waals surface area contributed by atoms with Crippen LogP contribution >= 0.6 is 39.1 Å². The molecule has 2 aromatic rings. The van der Waals surface area contributed by atoms with Crippen LogP contribution in [0, 0.1) is 0 Å². The Bertz CT molecular complexity index is 609. The van der Waals surface area contributed by atoms with Gasteiger partial charge in [0.05, 0.1) is 0 Å². The lowest BCUT2D eigenvalue weighted by molar-refractivity contribution is 0.101. The number of anilines is 1. The van der Waals surface area contributed by atoms with E-state index in [1.54, 1.807) is 10.6 Å². The summed E-state index contributed by atoms with van der Waals surface area (Å²) in [6.45, 7) is 2.61. The van der Waals surface area contributed by atoms with E-state index in [-0.39, 0.29) is 21.9 Å². The average molecular weight is 364 g/mol. The molecular weight excluding hydrogens is 355 g/mol. The molecule has 0 aliphatic rings. The first kappa shape index (κ1) is 14.3. The van der Waals surface area contributed by atoms with Crippen LogP contribution in [0.15, 0.2) is 23.1 Å². The molecule has 0 spiro atoms. The summed E-state index contributed by atoms with van der Waals surface area (Å²) in [4.78, 5) is 19.7. The fourth-order valence-corrected chi connectivity index (χ4v) is 2.43. The first-order chi connectivity index (χ1) is 9.02. The van der Waals surface area contributed by atoms with Gasteiger partial charge in [0, 0.05) is 17.2 Å². The summed E-state index contributed by atoms with van der Waals surface area (Å²) in [5.41, 5.74) is 0.696. The van der Waals surface area contributed by atoms with Crippen LogP contribution in [-0.2, 0) is 6.54 Å². The Morgan fingerprint density at radius 2 is 2.05 bits per heavy atom. The minimum Gasteiger partial charge on any atom is -0.343 e. The Kier molecular flexibility index (Phi) is 4.44. The topological polar surface area (TPSA) is 59.8 Å². The number of hydrogen-bond acceptors (Lipinski definition) is 3. The smallest absolute Gasteiger partial charge is 0.272 e. The highest BCUT2D eigenvalue weighted by Gasteiger charge is 2.16. The molecule has 0 bridgehead atoms. The van der Waals surface area contributed by atoms with E-state index in [4.69, 9.17) is 23.2 Å². The Morgan fingerprint density at radius 1 is 1.42 bits per heavy atom. The van der Waals surface area contributed by atoms with Gasteiger partial charge in [0.2, 0.25) is 0 Å². The summed E-state index contributed by atoms with van der Waals surface area (Å²) < 4.78 is 2.62. The third kappa shape index (κ3) is 3.08. The first-order valence-electron chi connectivity index (χ1n) is 5.36. The Balaban J connectivity index is 2.31. The van der Waals surface area contributed by atoms with Gasteiger partial charge in [-0.15, -0.1) is 0 Å². The molecule has 5 nitrogen and oxygen atoms in total. The van der Waals surface area contributed by atoms with Crippen molar-refractivity contribution in [2.75, 3.05) is 5.32 Å². The number of aromatic nitrogens is 3. The van der Waals surface area contributed by atoms with Crippen LogP contribution in [0.4, 0.5) is 5.69 Å². The van der Waals surface area contributed by atoms with E-state index in [1.807, 2.05) is 13.1 Å². The van der Waals surface area contributed by atoms with Crippen molar-refractivity contribution in [3.63, 3.8) is 0 Å². The zero-order valence-electron chi connectivity index (χ0n) is 9.82. The lowest BCUT2D eigenvalue weighted by Crippen LogP contribution is -2.17. The number of hydrogen-bond donors (Lipinski definition) is 1. The lowest BCUT2D eigenvalue weighted by Gasteiger charge is -2.09. The van der Waals surface area contributed by atoms with Crippen LogP contribution in [-0.4, -0.2) is 20.4 Å². The zero-order chi connectivity index (χ0) is 14.0. The summed E-state index contributed by atoms with van der Waals surface area (Å²) in [6.07, 6.45) is 3.05. The number of carbonyl (C=O) groups is 1.